The Balaban J connectivity index is 2.04. The van der Waals surface area contributed by atoms with Crippen LogP contribution in [0.4, 0.5) is 0 Å². The number of hydrogen-bond donors (Lipinski definition) is 1. The van der Waals surface area contributed by atoms with Crippen LogP contribution in [0.1, 0.15) is 29.7 Å². The van der Waals surface area contributed by atoms with Crippen LogP contribution in [0.3, 0.4) is 0 Å². The van der Waals surface area contributed by atoms with Gasteiger partial charge in [-0.2, -0.15) is 0 Å². The lowest BCUT2D eigenvalue weighted by atomic mass is 10.2. The average Bonchev–Trinajstić information content (AvgIpc) is 2.37. The van der Waals surface area contributed by atoms with E-state index in [9.17, 15) is 5.11 Å². The lowest BCUT2D eigenvalue weighted by molar-refractivity contribution is 0.199. The lowest BCUT2D eigenvalue weighted by Crippen LogP contribution is -1.92. The highest BCUT2D eigenvalue weighted by molar-refractivity contribution is 7.98. The molecule has 0 saturated carbocycles. The third-order valence-corrected chi connectivity index (χ3v) is 3.71. The maximum Gasteiger partial charge on any atom is 0.0966 e. The number of pyridine rings is 1. The van der Waals surface area contributed by atoms with E-state index >= 15 is 0 Å². The van der Waals surface area contributed by atoms with Gasteiger partial charge in [0, 0.05) is 11.9 Å². The molecule has 1 aromatic heterocycles. The monoisotopic (exact) mass is 259 g/mol. The van der Waals surface area contributed by atoms with Crippen molar-refractivity contribution in [3.8, 4) is 0 Å². The number of aliphatic hydroxyl groups excluding tert-OH is 1. The summed E-state index contributed by atoms with van der Waals surface area (Å²) in [7, 11) is 0. The lowest BCUT2D eigenvalue weighted by Gasteiger charge is -2.07. The predicted octanol–water partition coefficient (Wildman–Crippen LogP) is 3.74. The molecule has 2 nitrogen and oxygen atoms in total. The zero-order valence-corrected chi connectivity index (χ0v) is 11.4. The van der Waals surface area contributed by atoms with Gasteiger partial charge >= 0.3 is 0 Å². The zero-order valence-electron chi connectivity index (χ0n) is 10.6. The highest BCUT2D eigenvalue weighted by atomic mass is 32.2. The number of thioether (sulfide) groups is 1. The summed E-state index contributed by atoms with van der Waals surface area (Å²) >= 11 is 1.69. The van der Waals surface area contributed by atoms with E-state index < -0.39 is 6.10 Å². The molecule has 2 rings (SSSR count). The Morgan fingerprint density at radius 2 is 2.11 bits per heavy atom. The van der Waals surface area contributed by atoms with Gasteiger partial charge in [-0.05, 0) is 37.1 Å². The highest BCUT2D eigenvalue weighted by Gasteiger charge is 2.03. The fourth-order valence-electron chi connectivity index (χ4n) is 1.72. The molecule has 0 saturated heterocycles. The molecule has 1 atom stereocenters. The smallest absolute Gasteiger partial charge is 0.0966 e. The number of hydrogen-bond acceptors (Lipinski definition) is 3. The summed E-state index contributed by atoms with van der Waals surface area (Å²) in [6, 6.07) is 12.3. The molecule has 0 aliphatic heterocycles. The van der Waals surface area contributed by atoms with E-state index in [1.54, 1.807) is 24.9 Å². The molecule has 0 aliphatic carbocycles. The van der Waals surface area contributed by atoms with Gasteiger partial charge in [0.1, 0.15) is 0 Å². The van der Waals surface area contributed by atoms with E-state index in [1.165, 1.54) is 11.1 Å². The summed E-state index contributed by atoms with van der Waals surface area (Å²) < 4.78 is 0. The van der Waals surface area contributed by atoms with Gasteiger partial charge in [0.25, 0.3) is 0 Å². The van der Waals surface area contributed by atoms with Gasteiger partial charge in [0.15, 0.2) is 0 Å². The van der Waals surface area contributed by atoms with E-state index in [-0.39, 0.29) is 0 Å². The van der Waals surface area contributed by atoms with E-state index in [0.29, 0.717) is 0 Å². The zero-order chi connectivity index (χ0) is 13.0. The van der Waals surface area contributed by atoms with Crippen LogP contribution in [0.5, 0.6) is 0 Å². The molecular formula is C15H17NOS. The fraction of sp³-hybridized carbons (Fsp3) is 0.267. The van der Waals surface area contributed by atoms with Crippen LogP contribution in [0.15, 0.2) is 47.6 Å². The quantitative estimate of drug-likeness (QED) is 0.849. The first-order chi connectivity index (χ1) is 8.65. The normalized spacial score (nSPS) is 12.4. The van der Waals surface area contributed by atoms with Crippen molar-refractivity contribution >= 4 is 11.8 Å². The number of aliphatic hydroxyl groups is 1. The van der Waals surface area contributed by atoms with Crippen molar-refractivity contribution in [2.45, 2.75) is 30.7 Å². The molecule has 0 fully saturated rings. The Morgan fingerprint density at radius 1 is 1.28 bits per heavy atom. The molecule has 1 N–H and O–H groups in total. The molecule has 1 heterocycles. The Labute approximate surface area is 112 Å². The Hall–Kier alpha value is -1.32. The predicted molar refractivity (Wildman–Crippen MR) is 75.6 cm³/mol. The molecule has 0 radical (unpaired) electrons. The van der Waals surface area contributed by atoms with Gasteiger partial charge in [0.05, 0.1) is 11.1 Å². The van der Waals surface area contributed by atoms with Crippen LogP contribution in [0.2, 0.25) is 0 Å². The summed E-state index contributed by atoms with van der Waals surface area (Å²) in [6.07, 6.45) is 1.31. The fourth-order valence-corrected chi connectivity index (χ4v) is 2.57. The Bertz CT molecular complexity index is 525. The van der Waals surface area contributed by atoms with E-state index in [1.807, 2.05) is 12.1 Å². The molecule has 2 aromatic rings. The third-order valence-electron chi connectivity index (χ3n) is 2.71. The van der Waals surface area contributed by atoms with Crippen molar-refractivity contribution in [3.05, 3.63) is 59.3 Å². The molecule has 3 heteroatoms. The number of nitrogens with zero attached hydrogens (tertiary/aromatic N) is 1. The van der Waals surface area contributed by atoms with Crippen LogP contribution < -0.4 is 0 Å². The second-order valence-electron chi connectivity index (χ2n) is 4.38. The molecular weight excluding hydrogens is 242 g/mol. The SMILES string of the molecule is Cc1cccc(CSc2cc([C@H](C)O)ccn2)c1. The Morgan fingerprint density at radius 3 is 2.83 bits per heavy atom. The molecule has 1 aromatic carbocycles. The second kappa shape index (κ2) is 6.03. The van der Waals surface area contributed by atoms with E-state index in [2.05, 4.69) is 36.2 Å². The standard InChI is InChI=1S/C15H17NOS/c1-11-4-3-5-13(8-11)10-18-15-9-14(12(2)17)6-7-16-15/h3-9,12,17H,10H2,1-2H3/t12-/m0/s1. The molecule has 0 bridgehead atoms. The molecule has 18 heavy (non-hydrogen) atoms. The largest absolute Gasteiger partial charge is 0.389 e. The van der Waals surface area contributed by atoms with Crippen LogP contribution in [-0.4, -0.2) is 10.1 Å². The summed E-state index contributed by atoms with van der Waals surface area (Å²) in [4.78, 5) is 4.31. The van der Waals surface area contributed by atoms with Crippen molar-refractivity contribution in [2.24, 2.45) is 0 Å². The minimum absolute atomic E-state index is 0.439. The number of rotatable bonds is 4. The minimum atomic E-state index is -0.439. The van der Waals surface area contributed by atoms with Crippen molar-refractivity contribution in [2.75, 3.05) is 0 Å². The van der Waals surface area contributed by atoms with Gasteiger partial charge < -0.3 is 5.11 Å². The number of aryl methyl sites for hydroxylation is 1. The van der Waals surface area contributed by atoms with Crippen molar-refractivity contribution in [1.82, 2.24) is 4.98 Å². The molecule has 94 valence electrons. The number of benzene rings is 1. The van der Waals surface area contributed by atoms with E-state index in [4.69, 9.17) is 0 Å². The van der Waals surface area contributed by atoms with Gasteiger partial charge in [-0.3, -0.25) is 0 Å². The maximum absolute atomic E-state index is 9.53. The van der Waals surface area contributed by atoms with Crippen LogP contribution >= 0.6 is 11.8 Å². The first kappa shape index (κ1) is 13.1. The summed E-state index contributed by atoms with van der Waals surface area (Å²) in [6.45, 7) is 3.87. The summed E-state index contributed by atoms with van der Waals surface area (Å²) in [5.74, 6) is 0.901. The molecule has 0 aliphatic rings. The van der Waals surface area contributed by atoms with Gasteiger partial charge in [-0.1, -0.05) is 29.8 Å². The van der Waals surface area contributed by atoms with Crippen molar-refractivity contribution in [1.29, 1.82) is 0 Å². The van der Waals surface area contributed by atoms with Gasteiger partial charge in [-0.25, -0.2) is 4.98 Å². The van der Waals surface area contributed by atoms with E-state index in [0.717, 1.165) is 16.3 Å². The first-order valence-electron chi connectivity index (χ1n) is 5.97. The second-order valence-corrected chi connectivity index (χ2v) is 5.38. The van der Waals surface area contributed by atoms with Gasteiger partial charge in [0.2, 0.25) is 0 Å². The third kappa shape index (κ3) is 3.59. The molecule has 0 unspecified atom stereocenters. The Kier molecular flexibility index (Phi) is 4.39. The highest BCUT2D eigenvalue weighted by Crippen LogP contribution is 2.23. The molecule has 0 amide bonds. The van der Waals surface area contributed by atoms with Gasteiger partial charge in [-0.15, -0.1) is 11.8 Å². The summed E-state index contributed by atoms with van der Waals surface area (Å²) in [5.41, 5.74) is 3.49. The van der Waals surface area contributed by atoms with Crippen LogP contribution in [0.25, 0.3) is 0 Å². The minimum Gasteiger partial charge on any atom is -0.389 e. The average molecular weight is 259 g/mol. The van der Waals surface area contributed by atoms with Crippen molar-refractivity contribution in [3.63, 3.8) is 0 Å². The maximum atomic E-state index is 9.53. The number of aromatic nitrogens is 1. The summed E-state index contributed by atoms with van der Waals surface area (Å²) in [5, 5.41) is 10.5. The molecule has 0 spiro atoms. The van der Waals surface area contributed by atoms with Crippen molar-refractivity contribution < 1.29 is 5.11 Å². The van der Waals surface area contributed by atoms with Crippen LogP contribution in [-0.2, 0) is 5.75 Å². The van der Waals surface area contributed by atoms with Crippen LogP contribution in [0, 0.1) is 6.92 Å². The topological polar surface area (TPSA) is 33.1 Å². The first-order valence-corrected chi connectivity index (χ1v) is 6.96.